The maximum absolute atomic E-state index is 5.73. The van der Waals surface area contributed by atoms with Crippen LogP contribution in [0.15, 0.2) is 18.2 Å². The molecule has 2 aliphatic rings. The Morgan fingerprint density at radius 3 is 3.07 bits per heavy atom. The van der Waals surface area contributed by atoms with Crippen molar-refractivity contribution in [1.82, 2.24) is 0 Å². The standard InChI is InChI=1S/C13H16O/c1-8-4-3-5-10-11(8)6-14-7-12-9(2)13(10)12/h3-5,9,12-13H,6-7H2,1-2H3/t9?,12?,13-/m1/s1. The largest absolute Gasteiger partial charge is 0.376 e. The predicted molar refractivity (Wildman–Crippen MR) is 56.2 cm³/mol. The first-order valence-electron chi connectivity index (χ1n) is 5.45. The van der Waals surface area contributed by atoms with Gasteiger partial charge in [-0.3, -0.25) is 0 Å². The van der Waals surface area contributed by atoms with Crippen LogP contribution in [0.5, 0.6) is 0 Å². The normalized spacial score (nSPS) is 34.3. The second-order valence-corrected chi connectivity index (χ2v) is 4.71. The van der Waals surface area contributed by atoms with E-state index in [1.165, 1.54) is 11.1 Å². The summed E-state index contributed by atoms with van der Waals surface area (Å²) in [6.45, 7) is 6.31. The van der Waals surface area contributed by atoms with Gasteiger partial charge in [0, 0.05) is 0 Å². The Morgan fingerprint density at radius 2 is 2.21 bits per heavy atom. The van der Waals surface area contributed by atoms with Gasteiger partial charge in [0.15, 0.2) is 0 Å². The highest BCUT2D eigenvalue weighted by Gasteiger charge is 2.49. The molecule has 1 aromatic carbocycles. The molecule has 0 spiro atoms. The van der Waals surface area contributed by atoms with Crippen LogP contribution < -0.4 is 0 Å². The Kier molecular flexibility index (Phi) is 1.72. The summed E-state index contributed by atoms with van der Waals surface area (Å²) in [6, 6.07) is 6.66. The fourth-order valence-corrected chi connectivity index (χ4v) is 2.85. The zero-order chi connectivity index (χ0) is 9.71. The van der Waals surface area contributed by atoms with Crippen LogP contribution in [0.25, 0.3) is 0 Å². The quantitative estimate of drug-likeness (QED) is 0.608. The summed E-state index contributed by atoms with van der Waals surface area (Å²) in [6.07, 6.45) is 0. The van der Waals surface area contributed by atoms with Crippen molar-refractivity contribution < 1.29 is 4.74 Å². The maximum Gasteiger partial charge on any atom is 0.0722 e. The van der Waals surface area contributed by atoms with Gasteiger partial charge in [0.1, 0.15) is 0 Å². The van der Waals surface area contributed by atoms with E-state index in [1.54, 1.807) is 5.56 Å². The van der Waals surface area contributed by atoms with E-state index in [1.807, 2.05) is 0 Å². The minimum atomic E-state index is 0.785. The van der Waals surface area contributed by atoms with Crippen LogP contribution in [-0.2, 0) is 11.3 Å². The van der Waals surface area contributed by atoms with Gasteiger partial charge in [-0.25, -0.2) is 0 Å². The Bertz CT molecular complexity index is 369. The zero-order valence-corrected chi connectivity index (χ0v) is 8.79. The Labute approximate surface area is 85.1 Å². The molecule has 0 N–H and O–H groups in total. The Hall–Kier alpha value is -0.820. The van der Waals surface area contributed by atoms with Gasteiger partial charge >= 0.3 is 0 Å². The topological polar surface area (TPSA) is 9.23 Å². The number of benzene rings is 1. The summed E-state index contributed by atoms with van der Waals surface area (Å²) in [5.74, 6) is 2.40. The van der Waals surface area contributed by atoms with E-state index in [0.717, 1.165) is 31.0 Å². The van der Waals surface area contributed by atoms with Crippen molar-refractivity contribution in [2.24, 2.45) is 11.8 Å². The number of rotatable bonds is 0. The molecule has 1 aliphatic carbocycles. The molecule has 1 aliphatic heterocycles. The lowest BCUT2D eigenvalue weighted by Gasteiger charge is -2.10. The van der Waals surface area contributed by atoms with E-state index in [9.17, 15) is 0 Å². The van der Waals surface area contributed by atoms with E-state index in [0.29, 0.717) is 0 Å². The van der Waals surface area contributed by atoms with Crippen molar-refractivity contribution >= 4 is 0 Å². The predicted octanol–water partition coefficient (Wildman–Crippen LogP) is 2.87. The lowest BCUT2D eigenvalue weighted by molar-refractivity contribution is 0.111. The van der Waals surface area contributed by atoms with E-state index in [2.05, 4.69) is 32.0 Å². The maximum atomic E-state index is 5.73. The molecule has 0 saturated heterocycles. The van der Waals surface area contributed by atoms with Gasteiger partial charge in [-0.1, -0.05) is 25.1 Å². The molecule has 1 saturated carbocycles. The fourth-order valence-electron chi connectivity index (χ4n) is 2.85. The van der Waals surface area contributed by atoms with E-state index in [-0.39, 0.29) is 0 Å². The van der Waals surface area contributed by atoms with Crippen LogP contribution in [0.3, 0.4) is 0 Å². The molecule has 0 aromatic heterocycles. The molecule has 0 bridgehead atoms. The Morgan fingerprint density at radius 1 is 1.36 bits per heavy atom. The highest BCUT2D eigenvalue weighted by atomic mass is 16.5. The smallest absolute Gasteiger partial charge is 0.0722 e. The first-order valence-corrected chi connectivity index (χ1v) is 5.45. The van der Waals surface area contributed by atoms with Gasteiger partial charge < -0.3 is 4.74 Å². The zero-order valence-electron chi connectivity index (χ0n) is 8.79. The lowest BCUT2D eigenvalue weighted by Crippen LogP contribution is -1.99. The van der Waals surface area contributed by atoms with Crippen LogP contribution in [-0.4, -0.2) is 6.61 Å². The molecule has 2 unspecified atom stereocenters. The Balaban J connectivity index is 2.10. The second kappa shape index (κ2) is 2.83. The second-order valence-electron chi connectivity index (χ2n) is 4.71. The molecule has 74 valence electrons. The van der Waals surface area contributed by atoms with Crippen molar-refractivity contribution in [1.29, 1.82) is 0 Å². The van der Waals surface area contributed by atoms with Gasteiger partial charge in [0.25, 0.3) is 0 Å². The monoisotopic (exact) mass is 188 g/mol. The summed E-state index contributed by atoms with van der Waals surface area (Å²) >= 11 is 0. The third-order valence-corrected chi connectivity index (χ3v) is 3.92. The van der Waals surface area contributed by atoms with Gasteiger partial charge in [-0.05, 0) is 41.4 Å². The van der Waals surface area contributed by atoms with Crippen LogP contribution in [0, 0.1) is 18.8 Å². The number of hydrogen-bond donors (Lipinski definition) is 0. The molecule has 1 heterocycles. The van der Waals surface area contributed by atoms with Crippen molar-refractivity contribution in [3.63, 3.8) is 0 Å². The van der Waals surface area contributed by atoms with E-state index >= 15 is 0 Å². The summed E-state index contributed by atoms with van der Waals surface area (Å²) in [7, 11) is 0. The van der Waals surface area contributed by atoms with Crippen LogP contribution >= 0.6 is 0 Å². The van der Waals surface area contributed by atoms with Crippen molar-refractivity contribution in [2.75, 3.05) is 6.61 Å². The summed E-state index contributed by atoms with van der Waals surface area (Å²) < 4.78 is 5.73. The van der Waals surface area contributed by atoms with Crippen molar-refractivity contribution in [3.05, 3.63) is 34.9 Å². The molecule has 0 radical (unpaired) electrons. The molecule has 3 rings (SSSR count). The fraction of sp³-hybridized carbons (Fsp3) is 0.538. The molecule has 3 atom stereocenters. The van der Waals surface area contributed by atoms with Gasteiger partial charge in [0.2, 0.25) is 0 Å². The molecule has 0 amide bonds. The average molecular weight is 188 g/mol. The third-order valence-electron chi connectivity index (χ3n) is 3.92. The summed E-state index contributed by atoms with van der Waals surface area (Å²) in [5.41, 5.74) is 4.40. The first kappa shape index (κ1) is 8.49. The summed E-state index contributed by atoms with van der Waals surface area (Å²) in [5, 5.41) is 0. The minimum Gasteiger partial charge on any atom is -0.376 e. The summed E-state index contributed by atoms with van der Waals surface area (Å²) in [4.78, 5) is 0. The van der Waals surface area contributed by atoms with Gasteiger partial charge in [-0.15, -0.1) is 0 Å². The SMILES string of the molecule is Cc1cccc2c1COCC1C(C)[C@H]21. The van der Waals surface area contributed by atoms with Gasteiger partial charge in [-0.2, -0.15) is 0 Å². The third kappa shape index (κ3) is 1.05. The molecule has 1 aromatic rings. The molecule has 1 fully saturated rings. The van der Waals surface area contributed by atoms with E-state index < -0.39 is 0 Å². The molecule has 1 nitrogen and oxygen atoms in total. The van der Waals surface area contributed by atoms with Crippen LogP contribution in [0.4, 0.5) is 0 Å². The molecular weight excluding hydrogens is 172 g/mol. The van der Waals surface area contributed by atoms with Crippen molar-refractivity contribution in [3.8, 4) is 0 Å². The first-order chi connectivity index (χ1) is 6.79. The number of aryl methyl sites for hydroxylation is 1. The number of hydrogen-bond acceptors (Lipinski definition) is 1. The van der Waals surface area contributed by atoms with Gasteiger partial charge in [0.05, 0.1) is 13.2 Å². The highest BCUT2D eigenvalue weighted by Crippen LogP contribution is 2.56. The van der Waals surface area contributed by atoms with Crippen LogP contribution in [0.2, 0.25) is 0 Å². The highest BCUT2D eigenvalue weighted by molar-refractivity contribution is 5.41. The minimum absolute atomic E-state index is 0.785. The lowest BCUT2D eigenvalue weighted by atomic mass is 9.98. The van der Waals surface area contributed by atoms with E-state index in [4.69, 9.17) is 4.74 Å². The molecule has 1 heteroatoms. The molecule has 14 heavy (non-hydrogen) atoms. The average Bonchev–Trinajstić information content (AvgIpc) is 2.84. The van der Waals surface area contributed by atoms with Crippen LogP contribution in [0.1, 0.15) is 29.5 Å². The number of fused-ring (bicyclic) bond motifs is 3. The van der Waals surface area contributed by atoms with Crippen molar-refractivity contribution in [2.45, 2.75) is 26.4 Å². The molecular formula is C13H16O. The number of ether oxygens (including phenoxy) is 1.